The molecule has 0 heterocycles. The first kappa shape index (κ1) is 15.8. The third-order valence-corrected chi connectivity index (χ3v) is 4.10. The van der Waals surface area contributed by atoms with Crippen molar-refractivity contribution in [1.29, 1.82) is 0 Å². The van der Waals surface area contributed by atoms with Crippen molar-refractivity contribution in [3.8, 4) is 0 Å². The lowest BCUT2D eigenvalue weighted by Gasteiger charge is -2.22. The Bertz CT molecular complexity index is 529. The Labute approximate surface area is 110 Å². The van der Waals surface area contributed by atoms with E-state index in [1.165, 1.54) is 23.1 Å². The number of benzene rings is 1. The van der Waals surface area contributed by atoms with Crippen molar-refractivity contribution in [2.45, 2.75) is 10.4 Å². The lowest BCUT2D eigenvalue weighted by atomic mass is 10.3. The van der Waals surface area contributed by atoms with E-state index in [4.69, 9.17) is 0 Å². The van der Waals surface area contributed by atoms with Gasteiger partial charge in [0.05, 0.1) is 10.6 Å². The molecule has 0 aliphatic carbocycles. The van der Waals surface area contributed by atoms with Crippen LogP contribution in [0.3, 0.4) is 0 Å². The maximum Gasteiger partial charge on any atom is 0.501 e. The minimum absolute atomic E-state index is 0.0371. The summed E-state index contributed by atoms with van der Waals surface area (Å²) in [6.45, 7) is 0.914. The molecule has 1 aromatic rings. The second-order valence-electron chi connectivity index (χ2n) is 3.94. The second-order valence-corrected chi connectivity index (χ2v) is 5.85. The fourth-order valence-electron chi connectivity index (χ4n) is 1.52. The molecule has 0 atom stereocenters. The van der Waals surface area contributed by atoms with Crippen molar-refractivity contribution in [3.05, 3.63) is 24.3 Å². The van der Waals surface area contributed by atoms with Gasteiger partial charge in [-0.2, -0.15) is 13.2 Å². The number of hydrogen-bond donors (Lipinski definition) is 1. The predicted octanol–water partition coefficient (Wildman–Crippen LogP) is 1.64. The molecular formula is C11H15F3N2O2S. The van der Waals surface area contributed by atoms with Gasteiger partial charge < -0.3 is 10.2 Å². The molecule has 0 bridgehead atoms. The highest BCUT2D eigenvalue weighted by atomic mass is 32.2. The zero-order valence-electron chi connectivity index (χ0n) is 10.5. The van der Waals surface area contributed by atoms with Crippen LogP contribution in [0.5, 0.6) is 0 Å². The van der Waals surface area contributed by atoms with Crippen molar-refractivity contribution in [3.63, 3.8) is 0 Å². The van der Waals surface area contributed by atoms with E-state index in [-0.39, 0.29) is 5.69 Å². The fourth-order valence-corrected chi connectivity index (χ4v) is 2.53. The summed E-state index contributed by atoms with van der Waals surface area (Å²) >= 11 is 0. The van der Waals surface area contributed by atoms with Crippen LogP contribution in [0.15, 0.2) is 29.2 Å². The van der Waals surface area contributed by atoms with Crippen molar-refractivity contribution in [2.75, 3.05) is 32.1 Å². The highest BCUT2D eigenvalue weighted by molar-refractivity contribution is 7.92. The highest BCUT2D eigenvalue weighted by Crippen LogP contribution is 2.35. The monoisotopic (exact) mass is 296 g/mol. The number of sulfone groups is 1. The number of nitrogens with one attached hydrogen (secondary N) is 1. The summed E-state index contributed by atoms with van der Waals surface area (Å²) in [4.78, 5) is 0.746. The van der Waals surface area contributed by atoms with E-state index in [0.29, 0.717) is 13.1 Å². The molecule has 0 aliphatic heterocycles. The number of likely N-dealkylation sites (N-methyl/N-ethyl adjacent to an activating group) is 2. The summed E-state index contributed by atoms with van der Waals surface area (Å²) in [7, 11) is -2.09. The van der Waals surface area contributed by atoms with Gasteiger partial charge in [-0.1, -0.05) is 12.1 Å². The summed E-state index contributed by atoms with van der Waals surface area (Å²) < 4.78 is 60.8. The fraction of sp³-hybridized carbons (Fsp3) is 0.455. The predicted molar refractivity (Wildman–Crippen MR) is 66.9 cm³/mol. The van der Waals surface area contributed by atoms with E-state index in [2.05, 4.69) is 5.32 Å². The summed E-state index contributed by atoms with van der Waals surface area (Å²) in [5.41, 5.74) is -5.26. The number of halogens is 3. The first-order valence-electron chi connectivity index (χ1n) is 5.48. The van der Waals surface area contributed by atoms with Crippen LogP contribution in [0, 0.1) is 0 Å². The topological polar surface area (TPSA) is 49.4 Å². The van der Waals surface area contributed by atoms with E-state index < -0.39 is 20.2 Å². The van der Waals surface area contributed by atoms with Crippen LogP contribution in [0.25, 0.3) is 0 Å². The molecule has 0 aliphatic rings. The number of para-hydroxylation sites is 1. The molecule has 1 N–H and O–H groups in total. The third kappa shape index (κ3) is 3.38. The van der Waals surface area contributed by atoms with Gasteiger partial charge in [-0.05, 0) is 19.2 Å². The van der Waals surface area contributed by atoms with Gasteiger partial charge in [0.2, 0.25) is 0 Å². The summed E-state index contributed by atoms with van der Waals surface area (Å²) in [6.07, 6.45) is 0. The number of anilines is 1. The quantitative estimate of drug-likeness (QED) is 0.897. The molecule has 19 heavy (non-hydrogen) atoms. The maximum absolute atomic E-state index is 12.6. The molecule has 0 saturated heterocycles. The average Bonchev–Trinajstić information content (AvgIpc) is 2.34. The lowest BCUT2D eigenvalue weighted by Crippen LogP contribution is -2.30. The number of hydrogen-bond acceptors (Lipinski definition) is 4. The Morgan fingerprint density at radius 2 is 1.84 bits per heavy atom. The zero-order chi connectivity index (χ0) is 14.7. The van der Waals surface area contributed by atoms with Crippen LogP contribution >= 0.6 is 0 Å². The summed E-state index contributed by atoms with van der Waals surface area (Å²) in [5.74, 6) is 0. The Morgan fingerprint density at radius 1 is 1.26 bits per heavy atom. The van der Waals surface area contributed by atoms with Gasteiger partial charge in [0.25, 0.3) is 9.84 Å². The van der Waals surface area contributed by atoms with Gasteiger partial charge in [-0.25, -0.2) is 8.42 Å². The van der Waals surface area contributed by atoms with Gasteiger partial charge in [-0.3, -0.25) is 0 Å². The van der Waals surface area contributed by atoms with Crippen molar-refractivity contribution >= 4 is 15.5 Å². The Balaban J connectivity index is 3.24. The van der Waals surface area contributed by atoms with Crippen LogP contribution in [0.4, 0.5) is 18.9 Å². The first-order valence-corrected chi connectivity index (χ1v) is 6.96. The van der Waals surface area contributed by atoms with Crippen LogP contribution < -0.4 is 10.2 Å². The molecule has 0 spiro atoms. The van der Waals surface area contributed by atoms with E-state index >= 15 is 0 Å². The molecule has 0 fully saturated rings. The van der Waals surface area contributed by atoms with Crippen LogP contribution in [0.1, 0.15) is 0 Å². The number of alkyl halides is 3. The molecule has 0 amide bonds. The van der Waals surface area contributed by atoms with Gasteiger partial charge >= 0.3 is 5.51 Å². The minimum atomic E-state index is -5.34. The van der Waals surface area contributed by atoms with Gasteiger partial charge in [0, 0.05) is 20.1 Å². The van der Waals surface area contributed by atoms with Crippen LogP contribution in [0.2, 0.25) is 0 Å². The minimum Gasteiger partial charge on any atom is -0.372 e. The Hall–Kier alpha value is -1.28. The zero-order valence-corrected chi connectivity index (χ0v) is 11.3. The van der Waals surface area contributed by atoms with Gasteiger partial charge in [-0.15, -0.1) is 0 Å². The normalized spacial score (nSPS) is 12.5. The van der Waals surface area contributed by atoms with E-state index in [0.717, 1.165) is 6.07 Å². The molecule has 8 heteroatoms. The smallest absolute Gasteiger partial charge is 0.372 e. The van der Waals surface area contributed by atoms with E-state index in [1.807, 2.05) is 0 Å². The van der Waals surface area contributed by atoms with Gasteiger partial charge in [0.15, 0.2) is 0 Å². The largest absolute Gasteiger partial charge is 0.501 e. The standard InChI is InChI=1S/C11H15F3N2O2S/c1-15-7-8-16(2)9-5-3-4-6-10(9)19(17,18)11(12,13)14/h3-6,15H,7-8H2,1-2H3. The maximum atomic E-state index is 12.6. The molecule has 0 unspecified atom stereocenters. The molecule has 0 saturated carbocycles. The van der Waals surface area contributed by atoms with E-state index in [9.17, 15) is 21.6 Å². The molecule has 108 valence electrons. The lowest BCUT2D eigenvalue weighted by molar-refractivity contribution is -0.0435. The average molecular weight is 296 g/mol. The van der Waals surface area contributed by atoms with Crippen molar-refractivity contribution in [1.82, 2.24) is 5.32 Å². The molecule has 0 radical (unpaired) electrons. The summed E-state index contributed by atoms with van der Waals surface area (Å²) in [5, 5.41) is 2.84. The molecule has 0 aromatic heterocycles. The second kappa shape index (κ2) is 5.79. The van der Waals surface area contributed by atoms with Crippen molar-refractivity contribution in [2.24, 2.45) is 0 Å². The first-order chi connectivity index (χ1) is 8.71. The molecule has 1 aromatic carbocycles. The number of nitrogens with zero attached hydrogens (tertiary/aromatic N) is 1. The van der Waals surface area contributed by atoms with Crippen LogP contribution in [-0.2, 0) is 9.84 Å². The van der Waals surface area contributed by atoms with Crippen molar-refractivity contribution < 1.29 is 21.6 Å². The van der Waals surface area contributed by atoms with Gasteiger partial charge in [0.1, 0.15) is 0 Å². The SMILES string of the molecule is CNCCN(C)c1ccccc1S(=O)(=O)C(F)(F)F. The Morgan fingerprint density at radius 3 is 2.37 bits per heavy atom. The third-order valence-electron chi connectivity index (χ3n) is 2.57. The van der Waals surface area contributed by atoms with E-state index in [1.54, 1.807) is 14.1 Å². The molecule has 1 rings (SSSR count). The molecule has 4 nitrogen and oxygen atoms in total. The van der Waals surface area contributed by atoms with Crippen LogP contribution in [-0.4, -0.2) is 41.1 Å². The number of rotatable bonds is 5. The Kier molecular flexibility index (Phi) is 4.81. The molecular weight excluding hydrogens is 281 g/mol. The highest BCUT2D eigenvalue weighted by Gasteiger charge is 2.48. The summed E-state index contributed by atoms with van der Waals surface area (Å²) in [6, 6.07) is 5.09.